The zero-order valence-electron chi connectivity index (χ0n) is 11.8. The Morgan fingerprint density at radius 1 is 1.32 bits per heavy atom. The largest absolute Gasteiger partial charge is 0.448 e. The van der Waals surface area contributed by atoms with Crippen LogP contribution in [-0.2, 0) is 4.79 Å². The molecule has 0 aliphatic carbocycles. The number of carbonyl (C=O) groups is 2. The standard InChI is InChI=1S/C15H14BrN3O3/c1-10-3-2-4-11(7-10)15(21)17-9-14(20)19-18-8-12-5-6-13(16)22-12/h2-8H,9H2,1H3,(H,17,21)(H,19,20)/b18-8-. The van der Waals surface area contributed by atoms with Gasteiger partial charge in [0.1, 0.15) is 5.76 Å². The van der Waals surface area contributed by atoms with Gasteiger partial charge < -0.3 is 9.73 Å². The average molecular weight is 364 g/mol. The molecule has 0 unspecified atom stereocenters. The Balaban J connectivity index is 1.78. The third kappa shape index (κ3) is 4.85. The van der Waals surface area contributed by atoms with E-state index < -0.39 is 5.91 Å². The van der Waals surface area contributed by atoms with Crippen molar-refractivity contribution < 1.29 is 14.0 Å². The van der Waals surface area contributed by atoms with Crippen LogP contribution in [0.3, 0.4) is 0 Å². The molecule has 2 amide bonds. The van der Waals surface area contributed by atoms with E-state index in [4.69, 9.17) is 4.42 Å². The topological polar surface area (TPSA) is 83.7 Å². The Morgan fingerprint density at radius 2 is 2.14 bits per heavy atom. The van der Waals surface area contributed by atoms with E-state index in [0.717, 1.165) is 5.56 Å². The molecule has 2 N–H and O–H groups in total. The van der Waals surface area contributed by atoms with Crippen LogP contribution in [0.5, 0.6) is 0 Å². The Bertz CT molecular complexity index is 710. The van der Waals surface area contributed by atoms with Crippen LogP contribution in [0, 0.1) is 6.92 Å². The molecular weight excluding hydrogens is 350 g/mol. The van der Waals surface area contributed by atoms with Gasteiger partial charge in [0.2, 0.25) is 0 Å². The van der Waals surface area contributed by atoms with Crippen molar-refractivity contribution in [1.82, 2.24) is 10.7 Å². The number of furan rings is 1. The molecule has 1 heterocycles. The minimum atomic E-state index is -0.428. The van der Waals surface area contributed by atoms with Crippen LogP contribution in [0.1, 0.15) is 21.7 Å². The van der Waals surface area contributed by atoms with E-state index in [1.54, 1.807) is 30.3 Å². The van der Waals surface area contributed by atoms with Gasteiger partial charge in [-0.1, -0.05) is 17.7 Å². The molecule has 2 rings (SSSR count). The first kappa shape index (κ1) is 16.0. The number of rotatable bonds is 5. The predicted molar refractivity (Wildman–Crippen MR) is 85.7 cm³/mol. The molecule has 7 heteroatoms. The first-order chi connectivity index (χ1) is 10.5. The van der Waals surface area contributed by atoms with Gasteiger partial charge in [-0.25, -0.2) is 5.43 Å². The fraction of sp³-hybridized carbons (Fsp3) is 0.133. The van der Waals surface area contributed by atoms with Crippen molar-refractivity contribution >= 4 is 34.0 Å². The van der Waals surface area contributed by atoms with E-state index >= 15 is 0 Å². The number of amides is 2. The summed E-state index contributed by atoms with van der Waals surface area (Å²) in [6.45, 7) is 1.73. The van der Waals surface area contributed by atoms with E-state index in [0.29, 0.717) is 16.0 Å². The number of hydrogen-bond acceptors (Lipinski definition) is 4. The normalized spacial score (nSPS) is 10.6. The summed E-state index contributed by atoms with van der Waals surface area (Å²) in [5.74, 6) is -0.239. The summed E-state index contributed by atoms with van der Waals surface area (Å²) < 4.78 is 5.75. The molecule has 0 fully saturated rings. The van der Waals surface area contributed by atoms with Crippen molar-refractivity contribution in [3.63, 3.8) is 0 Å². The first-order valence-electron chi connectivity index (χ1n) is 6.47. The highest BCUT2D eigenvalue weighted by Crippen LogP contribution is 2.11. The highest BCUT2D eigenvalue weighted by molar-refractivity contribution is 9.10. The maximum atomic E-state index is 11.8. The molecule has 0 saturated carbocycles. The van der Waals surface area contributed by atoms with Gasteiger partial charge in [-0.2, -0.15) is 5.10 Å². The lowest BCUT2D eigenvalue weighted by Crippen LogP contribution is -2.34. The molecule has 0 radical (unpaired) electrons. The lowest BCUT2D eigenvalue weighted by Gasteiger charge is -2.04. The maximum Gasteiger partial charge on any atom is 0.259 e. The Hall–Kier alpha value is -2.41. The minimum absolute atomic E-state index is 0.161. The van der Waals surface area contributed by atoms with Crippen LogP contribution in [0.2, 0.25) is 0 Å². The number of nitrogens with one attached hydrogen (secondary N) is 2. The summed E-state index contributed by atoms with van der Waals surface area (Å²) in [6, 6.07) is 10.5. The van der Waals surface area contributed by atoms with Gasteiger partial charge in [0.05, 0.1) is 12.8 Å². The van der Waals surface area contributed by atoms with Crippen molar-refractivity contribution in [3.8, 4) is 0 Å². The number of hydrogen-bond donors (Lipinski definition) is 2. The van der Waals surface area contributed by atoms with Crippen molar-refractivity contribution in [2.75, 3.05) is 6.54 Å². The minimum Gasteiger partial charge on any atom is -0.448 e. The van der Waals surface area contributed by atoms with Crippen molar-refractivity contribution in [1.29, 1.82) is 0 Å². The summed E-state index contributed by atoms with van der Waals surface area (Å²) in [5.41, 5.74) is 3.79. The van der Waals surface area contributed by atoms with Crippen LogP contribution >= 0.6 is 15.9 Å². The van der Waals surface area contributed by atoms with Gasteiger partial charge in [-0.3, -0.25) is 9.59 Å². The van der Waals surface area contributed by atoms with Crippen molar-refractivity contribution in [2.24, 2.45) is 5.10 Å². The van der Waals surface area contributed by atoms with E-state index in [1.807, 2.05) is 13.0 Å². The first-order valence-corrected chi connectivity index (χ1v) is 7.26. The van der Waals surface area contributed by atoms with E-state index in [-0.39, 0.29) is 12.5 Å². The van der Waals surface area contributed by atoms with E-state index in [1.165, 1.54) is 6.21 Å². The highest BCUT2D eigenvalue weighted by Gasteiger charge is 2.07. The van der Waals surface area contributed by atoms with Crippen LogP contribution in [-0.4, -0.2) is 24.6 Å². The summed E-state index contributed by atoms with van der Waals surface area (Å²) in [5, 5.41) is 6.25. The van der Waals surface area contributed by atoms with Gasteiger partial charge in [0, 0.05) is 5.56 Å². The smallest absolute Gasteiger partial charge is 0.259 e. The quantitative estimate of drug-likeness (QED) is 0.631. The van der Waals surface area contributed by atoms with Crippen molar-refractivity contribution in [2.45, 2.75) is 6.92 Å². The molecule has 6 nitrogen and oxygen atoms in total. The number of hydrazone groups is 1. The van der Waals surface area contributed by atoms with E-state index in [9.17, 15) is 9.59 Å². The van der Waals surface area contributed by atoms with Gasteiger partial charge in [0.25, 0.3) is 11.8 Å². The predicted octanol–water partition coefficient (Wildman–Crippen LogP) is 2.23. The summed E-state index contributed by atoms with van der Waals surface area (Å²) >= 11 is 3.16. The summed E-state index contributed by atoms with van der Waals surface area (Å²) in [6.07, 6.45) is 1.37. The zero-order chi connectivity index (χ0) is 15.9. The highest BCUT2D eigenvalue weighted by atomic mass is 79.9. The molecule has 0 bridgehead atoms. The van der Waals surface area contributed by atoms with Crippen LogP contribution in [0.25, 0.3) is 0 Å². The Morgan fingerprint density at radius 3 is 2.82 bits per heavy atom. The third-order valence-corrected chi connectivity index (χ3v) is 3.09. The zero-order valence-corrected chi connectivity index (χ0v) is 13.4. The molecule has 0 aliphatic heterocycles. The fourth-order valence-electron chi connectivity index (χ4n) is 1.65. The second-order valence-electron chi connectivity index (χ2n) is 4.49. The molecule has 1 aromatic carbocycles. The van der Waals surface area contributed by atoms with Gasteiger partial charge in [-0.05, 0) is 47.1 Å². The summed E-state index contributed by atoms with van der Waals surface area (Å²) in [7, 11) is 0. The monoisotopic (exact) mass is 363 g/mol. The van der Waals surface area contributed by atoms with Gasteiger partial charge >= 0.3 is 0 Å². The van der Waals surface area contributed by atoms with Crippen LogP contribution in [0.15, 0.2) is 50.6 Å². The Labute approximate surface area is 135 Å². The number of aryl methyl sites for hydroxylation is 1. The lowest BCUT2D eigenvalue weighted by molar-refractivity contribution is -0.120. The van der Waals surface area contributed by atoms with E-state index in [2.05, 4.69) is 31.8 Å². The maximum absolute atomic E-state index is 11.8. The van der Waals surface area contributed by atoms with Crippen LogP contribution in [0.4, 0.5) is 0 Å². The number of benzene rings is 1. The van der Waals surface area contributed by atoms with Gasteiger partial charge in [-0.15, -0.1) is 0 Å². The SMILES string of the molecule is Cc1cccc(C(=O)NCC(=O)N/N=C\c2ccc(Br)o2)c1. The molecule has 1 aromatic heterocycles. The molecule has 114 valence electrons. The molecule has 2 aromatic rings. The second kappa shape index (κ2) is 7.56. The molecule has 0 spiro atoms. The third-order valence-electron chi connectivity index (χ3n) is 2.66. The number of nitrogens with zero attached hydrogens (tertiary/aromatic N) is 1. The number of carbonyl (C=O) groups excluding carboxylic acids is 2. The molecule has 0 aliphatic rings. The molecule has 0 atom stereocenters. The Kier molecular flexibility index (Phi) is 5.48. The van der Waals surface area contributed by atoms with Crippen LogP contribution < -0.4 is 10.7 Å². The van der Waals surface area contributed by atoms with Gasteiger partial charge in [0.15, 0.2) is 4.67 Å². The summed E-state index contributed by atoms with van der Waals surface area (Å²) in [4.78, 5) is 23.4. The average Bonchev–Trinajstić information content (AvgIpc) is 2.90. The lowest BCUT2D eigenvalue weighted by atomic mass is 10.1. The second-order valence-corrected chi connectivity index (χ2v) is 5.27. The van der Waals surface area contributed by atoms with Crippen molar-refractivity contribution in [3.05, 3.63) is 58.0 Å². The number of halogens is 1. The molecule has 0 saturated heterocycles. The molecule has 22 heavy (non-hydrogen) atoms. The molecular formula is C15H14BrN3O3. The fourth-order valence-corrected chi connectivity index (χ4v) is 1.97.